The smallest absolute Gasteiger partial charge is 0.326 e. The van der Waals surface area contributed by atoms with Crippen molar-refractivity contribution in [2.75, 3.05) is 24.7 Å². The molecule has 172 valence electrons. The second-order valence-electron chi connectivity index (χ2n) is 9.22. The van der Waals surface area contributed by atoms with Crippen molar-refractivity contribution in [1.29, 1.82) is 0 Å². The fourth-order valence-electron chi connectivity index (χ4n) is 5.38. The van der Waals surface area contributed by atoms with E-state index in [1.807, 2.05) is 0 Å². The summed E-state index contributed by atoms with van der Waals surface area (Å²) in [6, 6.07) is 9.19. The summed E-state index contributed by atoms with van der Waals surface area (Å²) in [5, 5.41) is 9.21. The van der Waals surface area contributed by atoms with Crippen LogP contribution >= 0.6 is 23.5 Å². The Hall–Kier alpha value is -1.70. The van der Waals surface area contributed by atoms with Gasteiger partial charge >= 0.3 is 5.97 Å². The van der Waals surface area contributed by atoms with E-state index >= 15 is 0 Å². The molecule has 3 heterocycles. The van der Waals surface area contributed by atoms with Gasteiger partial charge in [0.05, 0.1) is 30.0 Å². The number of nitrogens with zero attached hydrogens (tertiary/aromatic N) is 2. The summed E-state index contributed by atoms with van der Waals surface area (Å²) in [4.78, 5) is 17.4. The number of rotatable bonds is 7. The zero-order valence-electron chi connectivity index (χ0n) is 18.5. The summed E-state index contributed by atoms with van der Waals surface area (Å²) in [6.07, 6.45) is 8.48. The van der Waals surface area contributed by atoms with Crippen molar-refractivity contribution in [3.63, 3.8) is 0 Å². The fourth-order valence-corrected chi connectivity index (χ4v) is 6.86. The number of halogens is 1. The molecule has 2 atom stereocenters. The number of carbonyl (C=O) groups excluding carboxylic acids is 1. The first-order chi connectivity index (χ1) is 15.6. The van der Waals surface area contributed by atoms with Crippen molar-refractivity contribution < 1.29 is 9.53 Å². The number of para-hydroxylation sites is 1. The van der Waals surface area contributed by atoms with Crippen LogP contribution in [0.25, 0.3) is 10.9 Å². The number of aliphatic imine (C=N–C) groups is 1. The number of aromatic nitrogens is 1. The molecule has 1 aromatic carbocycles. The Labute approximate surface area is 198 Å². The molecule has 2 aromatic rings. The first kappa shape index (κ1) is 22.1. The lowest BCUT2D eigenvalue weighted by Crippen LogP contribution is -2.48. The van der Waals surface area contributed by atoms with Crippen molar-refractivity contribution in [1.82, 2.24) is 9.40 Å². The van der Waals surface area contributed by atoms with E-state index in [0.29, 0.717) is 6.04 Å². The van der Waals surface area contributed by atoms with E-state index in [9.17, 15) is 4.79 Å². The second-order valence-corrected chi connectivity index (χ2v) is 10.6. The van der Waals surface area contributed by atoms with E-state index in [1.54, 1.807) is 15.8 Å². The molecule has 1 saturated heterocycles. The lowest BCUT2D eigenvalue weighted by molar-refractivity contribution is -0.148. The number of hydrogen-bond acceptors (Lipinski definition) is 6. The van der Waals surface area contributed by atoms with Gasteiger partial charge in [0.1, 0.15) is 10.6 Å². The number of benzene rings is 1. The zero-order chi connectivity index (χ0) is 22.1. The maximum atomic E-state index is 12.4. The van der Waals surface area contributed by atoms with Crippen LogP contribution in [0.2, 0.25) is 0 Å². The highest BCUT2D eigenvalue weighted by Gasteiger charge is 2.42. The monoisotopic (exact) mass is 474 g/mol. The Morgan fingerprint density at radius 2 is 2.22 bits per heavy atom. The molecule has 0 amide bonds. The molecule has 0 unspecified atom stereocenters. The third-order valence-electron chi connectivity index (χ3n) is 7.14. The minimum atomic E-state index is -0.542. The van der Waals surface area contributed by atoms with Gasteiger partial charge in [-0.3, -0.25) is 9.79 Å². The molecule has 0 spiro atoms. The molecule has 6 nitrogen and oxygen atoms in total. The fraction of sp³-hybridized carbons (Fsp3) is 0.583. The number of methoxy groups -OCH3 is 1. The topological polar surface area (TPSA) is 67.6 Å². The second kappa shape index (κ2) is 9.27. The highest BCUT2D eigenvalue weighted by Crippen LogP contribution is 2.36. The largest absolute Gasteiger partial charge is 0.468 e. The summed E-state index contributed by atoms with van der Waals surface area (Å²) in [6.45, 7) is 0.868. The van der Waals surface area contributed by atoms with Gasteiger partial charge in [0.2, 0.25) is 0 Å². The van der Waals surface area contributed by atoms with Crippen LogP contribution in [0, 0.1) is 0 Å². The molecule has 5 rings (SSSR count). The number of hydrogen-bond donors (Lipinski definition) is 2. The number of anilines is 1. The lowest BCUT2D eigenvalue weighted by atomic mass is 9.90. The van der Waals surface area contributed by atoms with Crippen molar-refractivity contribution >= 4 is 51.1 Å². The van der Waals surface area contributed by atoms with E-state index in [0.717, 1.165) is 65.3 Å². The zero-order valence-corrected chi connectivity index (χ0v) is 20.1. The van der Waals surface area contributed by atoms with E-state index < -0.39 is 5.54 Å². The molecular formula is C24H31ClN4O2S. The summed E-state index contributed by atoms with van der Waals surface area (Å²) < 4.78 is 6.86. The van der Waals surface area contributed by atoms with E-state index in [-0.39, 0.29) is 12.0 Å². The van der Waals surface area contributed by atoms with Gasteiger partial charge in [-0.15, -0.1) is 11.8 Å². The van der Waals surface area contributed by atoms with Gasteiger partial charge < -0.3 is 15.4 Å². The van der Waals surface area contributed by atoms with Crippen molar-refractivity contribution in [3.8, 4) is 0 Å². The quantitative estimate of drug-likeness (QED) is 0.556. The average molecular weight is 475 g/mol. The third kappa shape index (κ3) is 4.15. The van der Waals surface area contributed by atoms with Crippen LogP contribution in [-0.2, 0) is 9.53 Å². The number of carbonyl (C=O) groups is 1. The molecule has 1 aromatic heterocycles. The molecule has 1 aliphatic carbocycles. The van der Waals surface area contributed by atoms with Crippen LogP contribution in [0.5, 0.6) is 0 Å². The Kier molecular flexibility index (Phi) is 6.41. The van der Waals surface area contributed by atoms with Gasteiger partial charge in [0, 0.05) is 29.0 Å². The van der Waals surface area contributed by atoms with Gasteiger partial charge in [-0.2, -0.15) is 0 Å². The van der Waals surface area contributed by atoms with Crippen LogP contribution in [0.1, 0.15) is 57.1 Å². The summed E-state index contributed by atoms with van der Waals surface area (Å²) in [7, 11) is 1.47. The molecule has 0 radical (unpaired) electrons. The highest BCUT2D eigenvalue weighted by molar-refractivity contribution is 8.14. The van der Waals surface area contributed by atoms with E-state index in [2.05, 4.69) is 34.9 Å². The summed E-state index contributed by atoms with van der Waals surface area (Å²) in [5.74, 6) is 0.770. The molecule has 2 N–H and O–H groups in total. The van der Waals surface area contributed by atoms with Crippen LogP contribution in [-0.4, -0.2) is 52.1 Å². The van der Waals surface area contributed by atoms with Crippen LogP contribution in [0.15, 0.2) is 29.3 Å². The summed E-state index contributed by atoms with van der Waals surface area (Å²) in [5.41, 5.74) is 2.54. The molecular weight excluding hydrogens is 444 g/mol. The Morgan fingerprint density at radius 1 is 1.38 bits per heavy atom. The predicted molar refractivity (Wildman–Crippen MR) is 133 cm³/mol. The summed E-state index contributed by atoms with van der Waals surface area (Å²) >= 11 is 8.61. The van der Waals surface area contributed by atoms with Crippen LogP contribution < -0.4 is 10.6 Å². The maximum absolute atomic E-state index is 12.4. The molecule has 2 fully saturated rings. The van der Waals surface area contributed by atoms with E-state index in [1.165, 1.54) is 32.8 Å². The molecule has 32 heavy (non-hydrogen) atoms. The van der Waals surface area contributed by atoms with Crippen molar-refractivity contribution in [2.24, 2.45) is 4.99 Å². The SMILES string of the molecule is COC(=O)[C@@]1(CC[C@@H]2CSC(c3cc4cccc(NC5CCCC5)c4n3Cl)=N2)CCCN1. The van der Waals surface area contributed by atoms with Gasteiger partial charge in [-0.1, -0.05) is 25.0 Å². The highest BCUT2D eigenvalue weighted by atomic mass is 35.5. The normalized spacial score (nSPS) is 26.1. The number of nitrogens with one attached hydrogen (secondary N) is 2. The first-order valence-corrected chi connectivity index (χ1v) is 13.0. The van der Waals surface area contributed by atoms with Crippen molar-refractivity contribution in [3.05, 3.63) is 30.0 Å². The Balaban J connectivity index is 1.33. The molecule has 8 heteroatoms. The first-order valence-electron chi connectivity index (χ1n) is 11.7. The predicted octanol–water partition coefficient (Wildman–Crippen LogP) is 4.94. The van der Waals surface area contributed by atoms with Gasteiger partial charge in [0.15, 0.2) is 0 Å². The number of thioether (sulfide) groups is 1. The minimum absolute atomic E-state index is 0.145. The van der Waals surface area contributed by atoms with Gasteiger partial charge in [0.25, 0.3) is 0 Å². The third-order valence-corrected chi connectivity index (χ3v) is 8.63. The van der Waals surface area contributed by atoms with Crippen LogP contribution in [0.4, 0.5) is 5.69 Å². The maximum Gasteiger partial charge on any atom is 0.326 e. The average Bonchev–Trinajstić information content (AvgIpc) is 3.60. The minimum Gasteiger partial charge on any atom is -0.468 e. The van der Waals surface area contributed by atoms with Gasteiger partial charge in [-0.05, 0) is 57.2 Å². The lowest BCUT2D eigenvalue weighted by Gasteiger charge is -2.27. The Morgan fingerprint density at radius 3 is 2.97 bits per heavy atom. The number of esters is 1. The standard InChI is InChI=1S/C24H31ClN4O2S/c1-31-23(30)24(11-5-13-26-24)12-10-18-15-32-22(28-18)20-14-16-6-4-9-19(21(16)29(20)25)27-17-7-2-3-8-17/h4,6,9,14,17-18,26-27H,2-3,5,7-8,10-13,15H2,1H3/t18-,24+/m1/s1. The van der Waals surface area contributed by atoms with Crippen molar-refractivity contribution in [2.45, 2.75) is 69.0 Å². The molecule has 1 saturated carbocycles. The van der Waals surface area contributed by atoms with Gasteiger partial charge in [-0.25, -0.2) is 4.09 Å². The Bertz CT molecular complexity index is 1020. The molecule has 3 aliphatic rings. The molecule has 0 bridgehead atoms. The molecule has 2 aliphatic heterocycles. The van der Waals surface area contributed by atoms with E-state index in [4.69, 9.17) is 21.5 Å². The number of ether oxygens (including phenoxy) is 1. The van der Waals surface area contributed by atoms with Crippen LogP contribution in [0.3, 0.4) is 0 Å². The number of fused-ring (bicyclic) bond motifs is 1.